The second kappa shape index (κ2) is 5.14. The fourth-order valence-electron chi connectivity index (χ4n) is 1.98. The molecule has 1 aromatic carbocycles. The number of carbonyl (C=O) groups is 1. The zero-order chi connectivity index (χ0) is 15.9. The Labute approximate surface area is 122 Å². The van der Waals surface area contributed by atoms with Crippen LogP contribution in [0.4, 0.5) is 13.2 Å². The molecule has 0 unspecified atom stereocenters. The lowest BCUT2D eigenvalue weighted by molar-refractivity contribution is 0.0591. The molecule has 0 fully saturated rings. The second-order valence-corrected chi connectivity index (χ2v) is 4.33. The second-order valence-electron chi connectivity index (χ2n) is 4.33. The highest BCUT2D eigenvalue weighted by molar-refractivity contribution is 5.88. The fraction of sp³-hybridized carbons (Fsp3) is 0.0714. The number of nitrogens with zero attached hydrogens (tertiary/aromatic N) is 3. The molecular formula is C14H8F3N3O2. The van der Waals surface area contributed by atoms with E-state index in [1.165, 1.54) is 19.2 Å². The van der Waals surface area contributed by atoms with Gasteiger partial charge in [-0.3, -0.25) is 0 Å². The number of benzene rings is 1. The summed E-state index contributed by atoms with van der Waals surface area (Å²) in [5.41, 5.74) is 0.00203. The van der Waals surface area contributed by atoms with Crippen LogP contribution in [-0.2, 0) is 4.74 Å². The van der Waals surface area contributed by atoms with E-state index in [2.05, 4.69) is 14.8 Å². The van der Waals surface area contributed by atoms with Crippen molar-refractivity contribution in [1.29, 1.82) is 0 Å². The van der Waals surface area contributed by atoms with Crippen LogP contribution < -0.4 is 0 Å². The van der Waals surface area contributed by atoms with E-state index in [0.717, 1.165) is 16.6 Å². The predicted molar refractivity (Wildman–Crippen MR) is 69.6 cm³/mol. The van der Waals surface area contributed by atoms with Gasteiger partial charge in [0.05, 0.1) is 12.7 Å². The number of halogens is 3. The molecule has 0 saturated heterocycles. The molecule has 2 aromatic heterocycles. The summed E-state index contributed by atoms with van der Waals surface area (Å²) in [6.45, 7) is 0. The Morgan fingerprint density at radius 3 is 2.64 bits per heavy atom. The van der Waals surface area contributed by atoms with Crippen molar-refractivity contribution < 1.29 is 22.7 Å². The van der Waals surface area contributed by atoms with Gasteiger partial charge in [-0.1, -0.05) is 6.07 Å². The van der Waals surface area contributed by atoms with Gasteiger partial charge in [0, 0.05) is 0 Å². The van der Waals surface area contributed by atoms with Crippen LogP contribution in [-0.4, -0.2) is 27.7 Å². The molecule has 22 heavy (non-hydrogen) atoms. The molecule has 0 aliphatic rings. The molecule has 0 N–H and O–H groups in total. The number of fused-ring (bicyclic) bond motifs is 1. The molecule has 2 heterocycles. The van der Waals surface area contributed by atoms with E-state index >= 15 is 0 Å². The molecule has 3 aromatic rings. The van der Waals surface area contributed by atoms with Crippen molar-refractivity contribution >= 4 is 11.6 Å². The Morgan fingerprint density at radius 1 is 1.14 bits per heavy atom. The van der Waals surface area contributed by atoms with Crippen LogP contribution in [0.3, 0.4) is 0 Å². The van der Waals surface area contributed by atoms with Crippen LogP contribution in [0.5, 0.6) is 0 Å². The normalized spacial score (nSPS) is 10.9. The van der Waals surface area contributed by atoms with Crippen molar-refractivity contribution in [3.05, 3.63) is 53.5 Å². The van der Waals surface area contributed by atoms with Crippen LogP contribution in [0.25, 0.3) is 17.0 Å². The third-order valence-corrected chi connectivity index (χ3v) is 3.03. The summed E-state index contributed by atoms with van der Waals surface area (Å²) < 4.78 is 45.8. The molecule has 0 amide bonds. The minimum atomic E-state index is -1.61. The van der Waals surface area contributed by atoms with Crippen LogP contribution in [0.2, 0.25) is 0 Å². The first-order valence-corrected chi connectivity index (χ1v) is 6.11. The summed E-state index contributed by atoms with van der Waals surface area (Å²) in [5, 5.41) is 3.96. The first-order valence-electron chi connectivity index (χ1n) is 6.11. The van der Waals surface area contributed by atoms with E-state index in [1.807, 2.05) is 0 Å². The van der Waals surface area contributed by atoms with Gasteiger partial charge in [-0.15, -0.1) is 5.10 Å². The molecule has 5 nitrogen and oxygen atoms in total. The van der Waals surface area contributed by atoms with Crippen molar-refractivity contribution in [2.75, 3.05) is 7.11 Å². The van der Waals surface area contributed by atoms with E-state index in [0.29, 0.717) is 0 Å². The highest BCUT2D eigenvalue weighted by Gasteiger charge is 2.20. The molecule has 0 aliphatic heterocycles. The highest BCUT2D eigenvalue weighted by Crippen LogP contribution is 2.24. The van der Waals surface area contributed by atoms with E-state index in [-0.39, 0.29) is 22.7 Å². The number of ether oxygens (including phenoxy) is 1. The van der Waals surface area contributed by atoms with E-state index in [4.69, 9.17) is 0 Å². The molecule has 0 spiro atoms. The van der Waals surface area contributed by atoms with Gasteiger partial charge in [-0.25, -0.2) is 27.5 Å². The number of aromatic nitrogens is 3. The van der Waals surface area contributed by atoms with Gasteiger partial charge in [0.1, 0.15) is 0 Å². The average molecular weight is 307 g/mol. The lowest BCUT2D eigenvalue weighted by atomic mass is 10.2. The average Bonchev–Trinajstić information content (AvgIpc) is 2.95. The van der Waals surface area contributed by atoms with Gasteiger partial charge in [0.2, 0.25) is 0 Å². The number of esters is 1. The summed E-state index contributed by atoms with van der Waals surface area (Å²) in [6.07, 6.45) is 0. The lowest BCUT2D eigenvalue weighted by Gasteiger charge is -2.01. The molecular weight excluding hydrogens is 299 g/mol. The topological polar surface area (TPSA) is 56.5 Å². The molecule has 0 aliphatic carbocycles. The van der Waals surface area contributed by atoms with Crippen molar-refractivity contribution in [2.45, 2.75) is 0 Å². The zero-order valence-corrected chi connectivity index (χ0v) is 11.2. The van der Waals surface area contributed by atoms with E-state index in [9.17, 15) is 18.0 Å². The van der Waals surface area contributed by atoms with E-state index in [1.54, 1.807) is 6.07 Å². The quantitative estimate of drug-likeness (QED) is 0.539. The van der Waals surface area contributed by atoms with Crippen molar-refractivity contribution in [3.63, 3.8) is 0 Å². The molecule has 8 heteroatoms. The Hall–Kier alpha value is -2.90. The SMILES string of the molecule is COC(=O)c1cccc2nc(-c3ccc(F)c(F)c3F)nn12. The maximum absolute atomic E-state index is 13.8. The minimum absolute atomic E-state index is 0.0711. The van der Waals surface area contributed by atoms with Crippen molar-refractivity contribution in [2.24, 2.45) is 0 Å². The summed E-state index contributed by atoms with van der Waals surface area (Å²) >= 11 is 0. The number of pyridine rings is 1. The summed E-state index contributed by atoms with van der Waals surface area (Å²) in [4.78, 5) is 15.7. The minimum Gasteiger partial charge on any atom is -0.464 e. The van der Waals surface area contributed by atoms with Gasteiger partial charge in [-0.05, 0) is 24.3 Å². The van der Waals surface area contributed by atoms with Gasteiger partial charge >= 0.3 is 5.97 Å². The maximum Gasteiger partial charge on any atom is 0.356 e. The first kappa shape index (κ1) is 14.1. The van der Waals surface area contributed by atoms with Gasteiger partial charge in [0.15, 0.2) is 34.6 Å². The number of methoxy groups -OCH3 is 1. The first-order chi connectivity index (χ1) is 10.5. The van der Waals surface area contributed by atoms with Crippen LogP contribution >= 0.6 is 0 Å². The fourth-order valence-corrected chi connectivity index (χ4v) is 1.98. The molecule has 3 rings (SSSR count). The molecule has 112 valence electrons. The summed E-state index contributed by atoms with van der Waals surface area (Å²) in [7, 11) is 1.20. The molecule has 0 saturated carbocycles. The number of rotatable bonds is 2. The van der Waals surface area contributed by atoms with Crippen molar-refractivity contribution in [3.8, 4) is 11.4 Å². The number of hydrogen-bond donors (Lipinski definition) is 0. The van der Waals surface area contributed by atoms with Crippen molar-refractivity contribution in [1.82, 2.24) is 14.6 Å². The zero-order valence-electron chi connectivity index (χ0n) is 11.2. The smallest absolute Gasteiger partial charge is 0.356 e. The Kier molecular flexibility index (Phi) is 3.28. The van der Waals surface area contributed by atoms with Crippen LogP contribution in [0, 0.1) is 17.5 Å². The third kappa shape index (κ3) is 2.09. The molecule has 0 bridgehead atoms. The summed E-state index contributed by atoms with van der Waals surface area (Å²) in [6, 6.07) is 6.32. The number of carbonyl (C=O) groups excluding carboxylic acids is 1. The lowest BCUT2D eigenvalue weighted by Crippen LogP contribution is -2.08. The Morgan fingerprint density at radius 2 is 1.91 bits per heavy atom. The van der Waals surface area contributed by atoms with Gasteiger partial charge in [0.25, 0.3) is 0 Å². The molecule has 0 atom stereocenters. The van der Waals surface area contributed by atoms with Gasteiger partial charge < -0.3 is 4.74 Å². The molecule has 0 radical (unpaired) electrons. The maximum atomic E-state index is 13.8. The van der Waals surface area contributed by atoms with E-state index < -0.39 is 23.4 Å². The van der Waals surface area contributed by atoms with Gasteiger partial charge in [-0.2, -0.15) is 0 Å². The number of hydrogen-bond acceptors (Lipinski definition) is 4. The largest absolute Gasteiger partial charge is 0.464 e. The Bertz CT molecular complexity index is 892. The third-order valence-electron chi connectivity index (χ3n) is 3.03. The van der Waals surface area contributed by atoms with Crippen LogP contribution in [0.1, 0.15) is 10.5 Å². The highest BCUT2D eigenvalue weighted by atomic mass is 19.2. The Balaban J connectivity index is 2.22. The van der Waals surface area contributed by atoms with Crippen LogP contribution in [0.15, 0.2) is 30.3 Å². The summed E-state index contributed by atoms with van der Waals surface area (Å²) in [5.74, 6) is -5.14. The predicted octanol–water partition coefficient (Wildman–Crippen LogP) is 2.60. The monoisotopic (exact) mass is 307 g/mol. The standard InChI is InChI=1S/C14H8F3N3O2/c1-22-14(21)9-3-2-4-10-18-13(19-20(9)10)7-5-6-8(15)12(17)11(7)16/h2-6H,1H3.